The molecule has 4 rings (SSSR count). The van der Waals surface area contributed by atoms with Crippen molar-refractivity contribution in [3.63, 3.8) is 0 Å². The zero-order chi connectivity index (χ0) is 21.3. The van der Waals surface area contributed by atoms with E-state index in [-0.39, 0.29) is 16.3 Å². The molecule has 1 heterocycles. The van der Waals surface area contributed by atoms with E-state index in [1.807, 2.05) is 36.4 Å². The number of nitrogens with zero attached hydrogens (tertiary/aromatic N) is 1. The number of hydrogen-bond donors (Lipinski definition) is 1. The summed E-state index contributed by atoms with van der Waals surface area (Å²) in [5.74, 6) is 0.344. The summed E-state index contributed by atoms with van der Waals surface area (Å²) in [6.45, 7) is 0. The molecule has 0 aliphatic rings. The lowest BCUT2D eigenvalue weighted by Crippen LogP contribution is -2.14. The monoisotopic (exact) mass is 458 g/mol. The van der Waals surface area contributed by atoms with Gasteiger partial charge >= 0.3 is 0 Å². The van der Waals surface area contributed by atoms with Gasteiger partial charge in [-0.05, 0) is 42.5 Å². The zero-order valence-corrected chi connectivity index (χ0v) is 18.4. The lowest BCUT2D eigenvalue weighted by Gasteiger charge is -2.14. The van der Waals surface area contributed by atoms with Crippen LogP contribution in [0.2, 0.25) is 10.0 Å². The molecule has 0 radical (unpaired) electrons. The summed E-state index contributed by atoms with van der Waals surface area (Å²) < 4.78 is 11.8. The molecule has 0 unspecified atom stereocenters. The molecule has 0 bridgehead atoms. The first-order chi connectivity index (χ1) is 14.5. The number of para-hydroxylation sites is 1. The molecule has 0 aliphatic heterocycles. The standard InChI is InChI=1S/C22H16Cl2N2O3S/c1-28-18-8-7-12(22-26-16-5-3-4-6-19(16)30-22)9-17(18)25-21(27)14-10-13(23)11-15(24)20(14)29-2/h3-11H,1-2H3,(H,25,27). The SMILES string of the molecule is COc1ccc(-c2nc3ccccc3s2)cc1NC(=O)c1cc(Cl)cc(Cl)c1OC. The van der Waals surface area contributed by atoms with Gasteiger partial charge in [0.05, 0.1) is 40.7 Å². The van der Waals surface area contributed by atoms with E-state index < -0.39 is 5.91 Å². The average Bonchev–Trinajstić information content (AvgIpc) is 3.17. The lowest BCUT2D eigenvalue weighted by atomic mass is 10.1. The molecular formula is C22H16Cl2N2O3S. The van der Waals surface area contributed by atoms with Crippen molar-refractivity contribution in [3.05, 3.63) is 70.2 Å². The molecular weight excluding hydrogens is 443 g/mol. The van der Waals surface area contributed by atoms with Crippen LogP contribution in [-0.2, 0) is 0 Å². The molecule has 0 spiro atoms. The Balaban J connectivity index is 1.72. The van der Waals surface area contributed by atoms with E-state index in [2.05, 4.69) is 10.3 Å². The van der Waals surface area contributed by atoms with Crippen LogP contribution in [0.4, 0.5) is 5.69 Å². The smallest absolute Gasteiger partial charge is 0.259 e. The molecule has 8 heteroatoms. The van der Waals surface area contributed by atoms with Crippen molar-refractivity contribution in [2.75, 3.05) is 19.5 Å². The molecule has 0 atom stereocenters. The van der Waals surface area contributed by atoms with E-state index in [1.165, 1.54) is 19.2 Å². The van der Waals surface area contributed by atoms with Gasteiger partial charge < -0.3 is 14.8 Å². The summed E-state index contributed by atoms with van der Waals surface area (Å²) in [6, 6.07) is 16.5. The van der Waals surface area contributed by atoms with Crippen molar-refractivity contribution >= 4 is 56.3 Å². The molecule has 30 heavy (non-hydrogen) atoms. The van der Waals surface area contributed by atoms with Gasteiger partial charge in [-0.3, -0.25) is 4.79 Å². The summed E-state index contributed by atoms with van der Waals surface area (Å²) in [5.41, 5.74) is 2.51. The summed E-state index contributed by atoms with van der Waals surface area (Å²) in [4.78, 5) is 17.7. The van der Waals surface area contributed by atoms with Gasteiger partial charge in [-0.15, -0.1) is 11.3 Å². The number of carbonyl (C=O) groups is 1. The number of carbonyl (C=O) groups excluding carboxylic acids is 1. The number of amides is 1. The quantitative estimate of drug-likeness (QED) is 0.368. The van der Waals surface area contributed by atoms with Crippen molar-refractivity contribution in [2.45, 2.75) is 0 Å². The molecule has 3 aromatic carbocycles. The van der Waals surface area contributed by atoms with Gasteiger partial charge in [0.15, 0.2) is 0 Å². The van der Waals surface area contributed by atoms with Gasteiger partial charge in [-0.1, -0.05) is 35.3 Å². The third kappa shape index (κ3) is 3.94. The number of halogens is 2. The first-order valence-electron chi connectivity index (χ1n) is 8.88. The Morgan fingerprint density at radius 3 is 2.57 bits per heavy atom. The molecule has 0 fully saturated rings. The number of thiazole rings is 1. The van der Waals surface area contributed by atoms with Gasteiger partial charge in [-0.2, -0.15) is 0 Å². The highest BCUT2D eigenvalue weighted by Crippen LogP contribution is 2.36. The maximum atomic E-state index is 13.0. The fourth-order valence-corrected chi connectivity index (χ4v) is 4.59. The van der Waals surface area contributed by atoms with Crippen LogP contribution in [0.5, 0.6) is 11.5 Å². The molecule has 5 nitrogen and oxygen atoms in total. The second kappa shape index (κ2) is 8.52. The predicted molar refractivity (Wildman–Crippen MR) is 123 cm³/mol. The lowest BCUT2D eigenvalue weighted by molar-refractivity contribution is 0.102. The molecule has 0 saturated heterocycles. The van der Waals surface area contributed by atoms with Crippen LogP contribution in [0.1, 0.15) is 10.4 Å². The number of rotatable bonds is 5. The fourth-order valence-electron chi connectivity index (χ4n) is 3.06. The molecule has 1 amide bonds. The third-order valence-corrected chi connectivity index (χ3v) is 6.03. The normalized spacial score (nSPS) is 10.8. The Hall–Kier alpha value is -2.80. The van der Waals surface area contributed by atoms with E-state index >= 15 is 0 Å². The number of nitrogens with one attached hydrogen (secondary N) is 1. The molecule has 1 aromatic heterocycles. The summed E-state index contributed by atoms with van der Waals surface area (Å²) >= 11 is 13.8. The van der Waals surface area contributed by atoms with Gasteiger partial charge in [0, 0.05) is 10.6 Å². The van der Waals surface area contributed by atoms with Crippen molar-refractivity contribution in [3.8, 4) is 22.1 Å². The second-order valence-electron chi connectivity index (χ2n) is 6.32. The van der Waals surface area contributed by atoms with Crippen LogP contribution in [0.3, 0.4) is 0 Å². The number of methoxy groups -OCH3 is 2. The zero-order valence-electron chi connectivity index (χ0n) is 16.0. The Morgan fingerprint density at radius 2 is 1.83 bits per heavy atom. The van der Waals surface area contributed by atoms with Gasteiger partial charge in [0.25, 0.3) is 5.91 Å². The van der Waals surface area contributed by atoms with E-state index in [1.54, 1.807) is 24.5 Å². The fraction of sp³-hybridized carbons (Fsp3) is 0.0909. The second-order valence-corrected chi connectivity index (χ2v) is 8.20. The van der Waals surface area contributed by atoms with Crippen molar-refractivity contribution in [2.24, 2.45) is 0 Å². The van der Waals surface area contributed by atoms with Crippen LogP contribution >= 0.6 is 34.5 Å². The molecule has 0 saturated carbocycles. The molecule has 1 N–H and O–H groups in total. The number of aromatic nitrogens is 1. The third-order valence-electron chi connectivity index (χ3n) is 4.45. The summed E-state index contributed by atoms with van der Waals surface area (Å²) in [6.07, 6.45) is 0. The molecule has 4 aromatic rings. The van der Waals surface area contributed by atoms with E-state index in [0.717, 1.165) is 20.8 Å². The van der Waals surface area contributed by atoms with Crippen molar-refractivity contribution < 1.29 is 14.3 Å². The van der Waals surface area contributed by atoms with E-state index in [0.29, 0.717) is 16.5 Å². The van der Waals surface area contributed by atoms with Gasteiger partial charge in [0.2, 0.25) is 0 Å². The topological polar surface area (TPSA) is 60.5 Å². The number of ether oxygens (including phenoxy) is 2. The van der Waals surface area contributed by atoms with Crippen molar-refractivity contribution in [1.82, 2.24) is 4.98 Å². The first kappa shape index (κ1) is 20.5. The Bertz CT molecular complexity index is 1220. The number of benzene rings is 3. The van der Waals surface area contributed by atoms with Crippen LogP contribution in [0.25, 0.3) is 20.8 Å². The number of hydrogen-bond acceptors (Lipinski definition) is 5. The van der Waals surface area contributed by atoms with Crippen LogP contribution in [0.15, 0.2) is 54.6 Å². The maximum absolute atomic E-state index is 13.0. The van der Waals surface area contributed by atoms with Crippen LogP contribution in [0, 0.1) is 0 Å². The minimum atomic E-state index is -0.420. The Labute approximate surface area is 187 Å². The summed E-state index contributed by atoms with van der Waals surface area (Å²) in [5, 5.41) is 4.30. The Morgan fingerprint density at radius 1 is 1.03 bits per heavy atom. The number of fused-ring (bicyclic) bond motifs is 1. The average molecular weight is 459 g/mol. The van der Waals surface area contributed by atoms with E-state index in [9.17, 15) is 4.79 Å². The van der Waals surface area contributed by atoms with Crippen LogP contribution < -0.4 is 14.8 Å². The Kier molecular flexibility index (Phi) is 5.81. The maximum Gasteiger partial charge on any atom is 0.259 e. The highest BCUT2D eigenvalue weighted by Gasteiger charge is 2.19. The number of anilines is 1. The van der Waals surface area contributed by atoms with E-state index in [4.69, 9.17) is 32.7 Å². The van der Waals surface area contributed by atoms with Gasteiger partial charge in [-0.25, -0.2) is 4.98 Å². The predicted octanol–water partition coefficient (Wildman–Crippen LogP) is 6.54. The minimum Gasteiger partial charge on any atom is -0.495 e. The molecule has 152 valence electrons. The largest absolute Gasteiger partial charge is 0.495 e. The van der Waals surface area contributed by atoms with Crippen LogP contribution in [-0.4, -0.2) is 25.1 Å². The first-order valence-corrected chi connectivity index (χ1v) is 10.5. The molecule has 0 aliphatic carbocycles. The minimum absolute atomic E-state index is 0.224. The highest BCUT2D eigenvalue weighted by molar-refractivity contribution is 7.21. The highest BCUT2D eigenvalue weighted by atomic mass is 35.5. The van der Waals surface area contributed by atoms with Crippen molar-refractivity contribution in [1.29, 1.82) is 0 Å². The summed E-state index contributed by atoms with van der Waals surface area (Å²) in [7, 11) is 2.99. The van der Waals surface area contributed by atoms with Gasteiger partial charge in [0.1, 0.15) is 16.5 Å².